The van der Waals surface area contributed by atoms with Gasteiger partial charge < -0.3 is 9.64 Å². The molecule has 0 unspecified atom stereocenters. The molecule has 0 amide bonds. The second kappa shape index (κ2) is 17.0. The second-order valence-electron chi connectivity index (χ2n) is 12.4. The molecule has 0 spiro atoms. The quantitative estimate of drug-likeness (QED) is 0.0813. The molecule has 48 heavy (non-hydrogen) atoms. The Morgan fingerprint density at radius 2 is 1.42 bits per heavy atom. The molecule has 2 heterocycles. The van der Waals surface area contributed by atoms with Gasteiger partial charge in [0.05, 0.1) is 16.9 Å². The Kier molecular flexibility index (Phi) is 12.3. The number of azo groups is 2. The smallest absolute Gasteiger partial charge is 0.344 e. The van der Waals surface area contributed by atoms with Crippen molar-refractivity contribution in [3.8, 4) is 16.3 Å². The molecule has 0 saturated carbocycles. The Hall–Kier alpha value is -4.54. The predicted molar refractivity (Wildman–Crippen MR) is 199 cm³/mol. The molecule has 3 aromatic carbocycles. The summed E-state index contributed by atoms with van der Waals surface area (Å²) >= 11 is 2.83. The summed E-state index contributed by atoms with van der Waals surface area (Å²) in [6.07, 6.45) is 3.25. The lowest BCUT2D eigenvalue weighted by molar-refractivity contribution is 0.0740. The zero-order valence-electron chi connectivity index (χ0n) is 28.2. The fourth-order valence-electron chi connectivity index (χ4n) is 5.01. The van der Waals surface area contributed by atoms with Crippen molar-refractivity contribution in [1.29, 1.82) is 0 Å². The number of carbonyl (C=O) groups is 1. The summed E-state index contributed by atoms with van der Waals surface area (Å²) in [5.41, 5.74) is 4.58. The number of rotatable bonds is 15. The van der Waals surface area contributed by atoms with Crippen LogP contribution < -0.4 is 9.64 Å². The maximum atomic E-state index is 12.7. The summed E-state index contributed by atoms with van der Waals surface area (Å²) in [6, 6.07) is 28.8. The molecule has 0 aliphatic carbocycles. The minimum atomic E-state index is -0.399. The third-order valence-electron chi connectivity index (χ3n) is 7.25. The van der Waals surface area contributed by atoms with Gasteiger partial charge in [-0.05, 0) is 85.3 Å². The Balaban J connectivity index is 1.29. The number of thiazole rings is 1. The molecule has 2 aromatic heterocycles. The van der Waals surface area contributed by atoms with Gasteiger partial charge in [-0.25, -0.2) is 9.78 Å². The first-order valence-electron chi connectivity index (χ1n) is 16.4. The molecule has 0 fully saturated rings. The molecule has 0 aliphatic rings. The summed E-state index contributed by atoms with van der Waals surface area (Å²) in [6.45, 7) is 13.1. The number of anilines is 1. The highest BCUT2D eigenvalue weighted by Crippen LogP contribution is 2.41. The van der Waals surface area contributed by atoms with Crippen LogP contribution in [0.1, 0.15) is 62.7 Å². The summed E-state index contributed by atoms with van der Waals surface area (Å²) in [7, 11) is 0. The van der Waals surface area contributed by atoms with Gasteiger partial charge in [0.15, 0.2) is 10.1 Å². The van der Waals surface area contributed by atoms with Gasteiger partial charge in [-0.1, -0.05) is 82.7 Å². The van der Waals surface area contributed by atoms with E-state index in [9.17, 15) is 4.79 Å². The molecule has 248 valence electrons. The standard InChI is InChI=1S/C38H42N6O2S2/c1-6-7-13-33-22-23-34(47-33)46-37(45)29-14-16-30(17-15-29)40-42-36-35(28-11-9-8-10-12-28)39-38(48-36)43-41-31-18-20-32(21-19-31)44(24-26(2)3)25-27(4)5/h8-12,14-23,26-27H,6-7,13,24-25H2,1-5H3. The maximum absolute atomic E-state index is 12.7. The van der Waals surface area contributed by atoms with Crippen LogP contribution in [0.2, 0.25) is 0 Å². The third-order valence-corrected chi connectivity index (χ3v) is 9.10. The van der Waals surface area contributed by atoms with E-state index < -0.39 is 5.97 Å². The van der Waals surface area contributed by atoms with Gasteiger partial charge in [0.2, 0.25) is 5.13 Å². The molecule has 0 aliphatic heterocycles. The second-order valence-corrected chi connectivity index (χ2v) is 14.5. The van der Waals surface area contributed by atoms with Crippen molar-refractivity contribution in [2.75, 3.05) is 18.0 Å². The number of carbonyl (C=O) groups excluding carboxylic acids is 1. The van der Waals surface area contributed by atoms with E-state index in [1.54, 1.807) is 24.3 Å². The maximum Gasteiger partial charge on any atom is 0.344 e. The molecule has 5 aromatic rings. The van der Waals surface area contributed by atoms with Crippen molar-refractivity contribution in [3.63, 3.8) is 0 Å². The summed E-state index contributed by atoms with van der Waals surface area (Å²) in [5, 5.41) is 19.6. The monoisotopic (exact) mass is 678 g/mol. The first-order chi connectivity index (χ1) is 23.3. The van der Waals surface area contributed by atoms with E-state index in [0.29, 0.717) is 44.0 Å². The molecule has 10 heteroatoms. The van der Waals surface area contributed by atoms with E-state index >= 15 is 0 Å². The van der Waals surface area contributed by atoms with Crippen molar-refractivity contribution >= 4 is 55.8 Å². The van der Waals surface area contributed by atoms with E-state index in [2.05, 4.69) is 72.1 Å². The van der Waals surface area contributed by atoms with Crippen LogP contribution in [0.3, 0.4) is 0 Å². The molecule has 8 nitrogen and oxygen atoms in total. The minimum absolute atomic E-state index is 0.399. The third kappa shape index (κ3) is 9.98. The van der Waals surface area contributed by atoms with Gasteiger partial charge >= 0.3 is 5.97 Å². The Bertz CT molecular complexity index is 1800. The highest BCUT2D eigenvalue weighted by atomic mass is 32.1. The average molecular weight is 679 g/mol. The van der Waals surface area contributed by atoms with Crippen molar-refractivity contribution in [1.82, 2.24) is 4.98 Å². The van der Waals surface area contributed by atoms with Crippen molar-refractivity contribution in [3.05, 3.63) is 101 Å². The number of ether oxygens (including phenoxy) is 1. The van der Waals surface area contributed by atoms with Crippen LogP contribution in [0.5, 0.6) is 5.06 Å². The summed E-state index contributed by atoms with van der Waals surface area (Å²) in [5.74, 6) is 0.743. The zero-order valence-corrected chi connectivity index (χ0v) is 29.8. The fraction of sp³-hybridized carbons (Fsp3) is 0.316. The summed E-state index contributed by atoms with van der Waals surface area (Å²) in [4.78, 5) is 21.1. The van der Waals surface area contributed by atoms with Crippen molar-refractivity contribution < 1.29 is 9.53 Å². The van der Waals surface area contributed by atoms with Gasteiger partial charge in [-0.3, -0.25) is 0 Å². The number of hydrogen-bond donors (Lipinski definition) is 0. The van der Waals surface area contributed by atoms with Gasteiger partial charge in [0.25, 0.3) is 0 Å². The number of unbranched alkanes of at least 4 members (excludes halogenated alkanes) is 1. The molecule has 0 saturated heterocycles. The van der Waals surface area contributed by atoms with Gasteiger partial charge in [-0.15, -0.1) is 31.8 Å². The fourth-order valence-corrected chi connectivity index (χ4v) is 6.64. The lowest BCUT2D eigenvalue weighted by Crippen LogP contribution is -2.31. The largest absolute Gasteiger partial charge is 0.412 e. The number of benzene rings is 3. The van der Waals surface area contributed by atoms with E-state index in [1.165, 1.54) is 33.2 Å². The highest BCUT2D eigenvalue weighted by Gasteiger charge is 2.15. The number of aryl methyl sites for hydroxylation is 1. The average Bonchev–Trinajstić information content (AvgIpc) is 3.72. The van der Waals surface area contributed by atoms with Crippen LogP contribution in [-0.2, 0) is 6.42 Å². The van der Waals surface area contributed by atoms with E-state index in [1.807, 2.05) is 54.6 Å². The first-order valence-corrected chi connectivity index (χ1v) is 18.1. The Morgan fingerprint density at radius 3 is 2.06 bits per heavy atom. The lowest BCUT2D eigenvalue weighted by Gasteiger charge is -2.28. The normalized spacial score (nSPS) is 11.7. The number of esters is 1. The lowest BCUT2D eigenvalue weighted by atomic mass is 10.1. The molecule has 0 bridgehead atoms. The number of thiophene rings is 1. The van der Waals surface area contributed by atoms with Crippen LogP contribution in [0.15, 0.2) is 111 Å². The van der Waals surface area contributed by atoms with Crippen LogP contribution >= 0.6 is 22.7 Å². The molecule has 0 N–H and O–H groups in total. The van der Waals surface area contributed by atoms with Gasteiger partial charge in [-0.2, -0.15) is 0 Å². The van der Waals surface area contributed by atoms with E-state index in [0.717, 1.165) is 43.6 Å². The zero-order chi connectivity index (χ0) is 33.9. The number of hydrogen-bond acceptors (Lipinski definition) is 10. The van der Waals surface area contributed by atoms with E-state index in [4.69, 9.17) is 9.72 Å². The molecule has 0 atom stereocenters. The Morgan fingerprint density at radius 1 is 0.771 bits per heavy atom. The van der Waals surface area contributed by atoms with Crippen LogP contribution in [0.25, 0.3) is 11.3 Å². The van der Waals surface area contributed by atoms with Gasteiger partial charge in [0, 0.05) is 29.2 Å². The molecule has 0 radical (unpaired) electrons. The topological polar surface area (TPSA) is 91.9 Å². The SMILES string of the molecule is CCCCc1ccc(OC(=O)c2ccc(N=Nc3sc(N=Nc4ccc(N(CC(C)C)CC(C)C)cc4)nc3-c3ccccc3)cc2)s1. The molecular formula is C38H42N6O2S2. The summed E-state index contributed by atoms with van der Waals surface area (Å²) < 4.78 is 5.59. The van der Waals surface area contributed by atoms with Crippen LogP contribution in [0, 0.1) is 11.8 Å². The first kappa shape index (κ1) is 34.8. The highest BCUT2D eigenvalue weighted by molar-refractivity contribution is 7.19. The molecule has 5 rings (SSSR count). The molecular weight excluding hydrogens is 637 g/mol. The predicted octanol–water partition coefficient (Wildman–Crippen LogP) is 12.4. The van der Waals surface area contributed by atoms with Crippen LogP contribution in [-0.4, -0.2) is 24.0 Å². The van der Waals surface area contributed by atoms with Crippen LogP contribution in [0.4, 0.5) is 27.2 Å². The van der Waals surface area contributed by atoms with Gasteiger partial charge in [0.1, 0.15) is 5.69 Å². The number of aromatic nitrogens is 1. The minimum Gasteiger partial charge on any atom is -0.412 e. The van der Waals surface area contributed by atoms with E-state index in [-0.39, 0.29) is 0 Å². The Labute approximate surface area is 291 Å². The van der Waals surface area contributed by atoms with Crippen molar-refractivity contribution in [2.45, 2.75) is 53.9 Å². The number of nitrogens with zero attached hydrogens (tertiary/aromatic N) is 6. The van der Waals surface area contributed by atoms with Crippen molar-refractivity contribution in [2.24, 2.45) is 32.3 Å².